The molecule has 0 aromatic heterocycles. The molecular formula is C11H17F2NO2. The Labute approximate surface area is 93.2 Å². The van der Waals surface area contributed by atoms with Crippen molar-refractivity contribution >= 4 is 5.97 Å². The van der Waals surface area contributed by atoms with Gasteiger partial charge in [0.05, 0.1) is 0 Å². The highest BCUT2D eigenvalue weighted by molar-refractivity contribution is 5.66. The van der Waals surface area contributed by atoms with Gasteiger partial charge in [-0.15, -0.1) is 0 Å². The summed E-state index contributed by atoms with van der Waals surface area (Å²) in [5, 5.41) is 11.8. The minimum absolute atomic E-state index is 0.0538. The Morgan fingerprint density at radius 2 is 1.88 bits per heavy atom. The monoisotopic (exact) mass is 233 g/mol. The zero-order valence-electron chi connectivity index (χ0n) is 9.09. The van der Waals surface area contributed by atoms with Crippen molar-refractivity contribution in [2.24, 2.45) is 17.8 Å². The van der Waals surface area contributed by atoms with Gasteiger partial charge in [0, 0.05) is 19.3 Å². The zero-order valence-corrected chi connectivity index (χ0v) is 9.09. The molecule has 0 amide bonds. The minimum atomic E-state index is -2.54. The lowest BCUT2D eigenvalue weighted by molar-refractivity contribution is -0.138. The van der Waals surface area contributed by atoms with Gasteiger partial charge in [0.25, 0.3) is 0 Å². The minimum Gasteiger partial charge on any atom is -0.481 e. The molecular weight excluding hydrogens is 216 g/mol. The third-order valence-electron chi connectivity index (χ3n) is 3.84. The number of piperidine rings is 1. The van der Waals surface area contributed by atoms with Crippen LogP contribution in [0.25, 0.3) is 0 Å². The highest BCUT2D eigenvalue weighted by atomic mass is 19.3. The summed E-state index contributed by atoms with van der Waals surface area (Å²) < 4.78 is 26.7. The first-order valence-electron chi connectivity index (χ1n) is 5.78. The summed E-state index contributed by atoms with van der Waals surface area (Å²) in [5.41, 5.74) is 0. The zero-order chi connectivity index (χ0) is 11.8. The quantitative estimate of drug-likeness (QED) is 0.780. The number of alkyl halides is 2. The van der Waals surface area contributed by atoms with Crippen molar-refractivity contribution in [2.45, 2.75) is 31.6 Å². The van der Waals surface area contributed by atoms with Gasteiger partial charge in [-0.25, -0.2) is 8.78 Å². The standard InChI is InChI=1S/C11H17F2NO2/c12-11(13)3-7-5-14-6-8(4-11)9(7)1-2-10(15)16/h7-9,14H,1-6H2,(H,15,16). The molecule has 2 fully saturated rings. The van der Waals surface area contributed by atoms with Crippen LogP contribution < -0.4 is 5.32 Å². The van der Waals surface area contributed by atoms with Gasteiger partial charge in [0.15, 0.2) is 0 Å². The van der Waals surface area contributed by atoms with Crippen molar-refractivity contribution in [1.82, 2.24) is 5.32 Å². The Morgan fingerprint density at radius 3 is 2.38 bits per heavy atom. The molecule has 1 aliphatic heterocycles. The number of hydrogen-bond donors (Lipinski definition) is 2. The summed E-state index contributed by atoms with van der Waals surface area (Å²) in [4.78, 5) is 10.5. The van der Waals surface area contributed by atoms with Crippen LogP contribution in [0, 0.1) is 17.8 Å². The summed E-state index contributed by atoms with van der Waals surface area (Å²) in [6, 6.07) is 0. The molecule has 1 aliphatic carbocycles. The van der Waals surface area contributed by atoms with Crippen LogP contribution in [0.3, 0.4) is 0 Å². The second-order valence-electron chi connectivity index (χ2n) is 5.04. The van der Waals surface area contributed by atoms with E-state index in [4.69, 9.17) is 5.11 Å². The van der Waals surface area contributed by atoms with E-state index in [9.17, 15) is 13.6 Å². The molecule has 0 aromatic rings. The van der Waals surface area contributed by atoms with Gasteiger partial charge in [-0.3, -0.25) is 4.79 Å². The molecule has 2 bridgehead atoms. The normalized spacial score (nSPS) is 37.0. The molecule has 0 spiro atoms. The van der Waals surface area contributed by atoms with E-state index in [1.54, 1.807) is 0 Å². The number of aliphatic carboxylic acids is 1. The molecule has 2 N–H and O–H groups in total. The van der Waals surface area contributed by atoms with Crippen LogP contribution in [0.4, 0.5) is 8.78 Å². The maximum absolute atomic E-state index is 13.4. The molecule has 1 saturated heterocycles. The molecule has 0 radical (unpaired) electrons. The summed E-state index contributed by atoms with van der Waals surface area (Å²) in [6.45, 7) is 1.22. The maximum atomic E-state index is 13.4. The number of carbonyl (C=O) groups is 1. The number of carboxylic acid groups (broad SMARTS) is 1. The van der Waals surface area contributed by atoms with Crippen LogP contribution in [0.1, 0.15) is 25.7 Å². The van der Waals surface area contributed by atoms with Crippen molar-refractivity contribution in [3.8, 4) is 0 Å². The van der Waals surface area contributed by atoms with Crippen LogP contribution in [-0.2, 0) is 4.79 Å². The van der Waals surface area contributed by atoms with Crippen LogP contribution in [0.15, 0.2) is 0 Å². The fourth-order valence-corrected chi connectivity index (χ4v) is 3.20. The van der Waals surface area contributed by atoms with Crippen LogP contribution >= 0.6 is 0 Å². The molecule has 1 heterocycles. The molecule has 2 rings (SSSR count). The first-order valence-corrected chi connectivity index (χ1v) is 5.78. The Morgan fingerprint density at radius 1 is 1.31 bits per heavy atom. The van der Waals surface area contributed by atoms with Crippen molar-refractivity contribution in [1.29, 1.82) is 0 Å². The second-order valence-corrected chi connectivity index (χ2v) is 5.04. The smallest absolute Gasteiger partial charge is 0.303 e. The van der Waals surface area contributed by atoms with E-state index >= 15 is 0 Å². The lowest BCUT2D eigenvalue weighted by Gasteiger charge is -2.46. The number of fused-ring (bicyclic) bond motifs is 2. The molecule has 2 unspecified atom stereocenters. The van der Waals surface area contributed by atoms with E-state index in [0.29, 0.717) is 19.5 Å². The van der Waals surface area contributed by atoms with Gasteiger partial charge in [0.2, 0.25) is 5.92 Å². The lowest BCUT2D eigenvalue weighted by atomic mass is 9.66. The fraction of sp³-hybridized carbons (Fsp3) is 0.909. The first kappa shape index (κ1) is 11.8. The van der Waals surface area contributed by atoms with E-state index in [-0.39, 0.29) is 37.0 Å². The van der Waals surface area contributed by atoms with E-state index in [0.717, 1.165) is 0 Å². The van der Waals surface area contributed by atoms with Crippen LogP contribution in [0.2, 0.25) is 0 Å². The summed E-state index contributed by atoms with van der Waals surface area (Å²) in [6.07, 6.45) is 0.479. The van der Waals surface area contributed by atoms with E-state index < -0.39 is 11.9 Å². The average molecular weight is 233 g/mol. The Bertz CT molecular complexity index is 267. The number of nitrogens with one attached hydrogen (secondary N) is 1. The van der Waals surface area contributed by atoms with Crippen molar-refractivity contribution in [2.75, 3.05) is 13.1 Å². The number of halogens is 2. The van der Waals surface area contributed by atoms with Crippen molar-refractivity contribution in [3.63, 3.8) is 0 Å². The van der Waals surface area contributed by atoms with E-state index in [2.05, 4.69) is 5.32 Å². The van der Waals surface area contributed by atoms with E-state index in [1.807, 2.05) is 0 Å². The van der Waals surface area contributed by atoms with Crippen LogP contribution in [0.5, 0.6) is 0 Å². The predicted octanol–water partition coefficient (Wildman–Crippen LogP) is 1.73. The highest BCUT2D eigenvalue weighted by Gasteiger charge is 2.48. The largest absolute Gasteiger partial charge is 0.481 e. The van der Waals surface area contributed by atoms with E-state index in [1.165, 1.54) is 0 Å². The lowest BCUT2D eigenvalue weighted by Crippen LogP contribution is -2.51. The summed E-state index contributed by atoms with van der Waals surface area (Å²) >= 11 is 0. The molecule has 2 atom stereocenters. The second kappa shape index (κ2) is 4.28. The Balaban J connectivity index is 2.00. The summed E-state index contributed by atoms with van der Waals surface area (Å²) in [5.74, 6) is -3.32. The number of rotatable bonds is 3. The number of hydrogen-bond acceptors (Lipinski definition) is 2. The Hall–Kier alpha value is -0.710. The van der Waals surface area contributed by atoms with Crippen molar-refractivity contribution < 1.29 is 18.7 Å². The maximum Gasteiger partial charge on any atom is 0.303 e. The van der Waals surface area contributed by atoms with Gasteiger partial charge in [0.1, 0.15) is 0 Å². The van der Waals surface area contributed by atoms with Crippen LogP contribution in [-0.4, -0.2) is 30.1 Å². The topological polar surface area (TPSA) is 49.3 Å². The van der Waals surface area contributed by atoms with Crippen molar-refractivity contribution in [3.05, 3.63) is 0 Å². The highest BCUT2D eigenvalue weighted by Crippen LogP contribution is 2.46. The van der Waals surface area contributed by atoms with Gasteiger partial charge >= 0.3 is 5.97 Å². The summed E-state index contributed by atoms with van der Waals surface area (Å²) in [7, 11) is 0. The predicted molar refractivity (Wildman–Crippen MR) is 54.4 cm³/mol. The van der Waals surface area contributed by atoms with Gasteiger partial charge in [-0.1, -0.05) is 0 Å². The molecule has 1 saturated carbocycles. The molecule has 3 nitrogen and oxygen atoms in total. The molecule has 5 heteroatoms. The molecule has 16 heavy (non-hydrogen) atoms. The van der Waals surface area contributed by atoms with Gasteiger partial charge in [-0.2, -0.15) is 0 Å². The SMILES string of the molecule is O=C(O)CCC1C2CNCC1CC(F)(F)C2. The molecule has 2 aliphatic rings. The molecule has 0 aromatic carbocycles. The van der Waals surface area contributed by atoms with Gasteiger partial charge in [-0.05, 0) is 37.3 Å². The first-order chi connectivity index (χ1) is 7.48. The Kier molecular flexibility index (Phi) is 3.15. The third-order valence-corrected chi connectivity index (χ3v) is 3.84. The third kappa shape index (κ3) is 2.51. The average Bonchev–Trinajstić information content (AvgIpc) is 2.13. The van der Waals surface area contributed by atoms with Gasteiger partial charge < -0.3 is 10.4 Å². The fourth-order valence-electron chi connectivity index (χ4n) is 3.20. The molecule has 92 valence electrons. The number of carboxylic acids is 1.